The van der Waals surface area contributed by atoms with Crippen molar-refractivity contribution in [1.29, 1.82) is 0 Å². The Kier molecular flexibility index (Phi) is 3.22. The number of carbonyl (C=O) groups excluding carboxylic acids is 1. The van der Waals surface area contributed by atoms with Crippen molar-refractivity contribution >= 4 is 27.3 Å². The predicted molar refractivity (Wildman–Crippen MR) is 65.4 cm³/mol. The van der Waals surface area contributed by atoms with E-state index in [9.17, 15) is 4.79 Å². The van der Waals surface area contributed by atoms with Crippen LogP contribution in [0.3, 0.4) is 0 Å². The first-order valence-electron chi connectivity index (χ1n) is 5.02. The highest BCUT2D eigenvalue weighted by atomic mass is 32.1. The molecule has 2 rings (SSSR count). The highest BCUT2D eigenvalue weighted by Gasteiger charge is 2.10. The summed E-state index contributed by atoms with van der Waals surface area (Å²) in [7, 11) is 1.70. The Balaban J connectivity index is 2.24. The van der Waals surface area contributed by atoms with Crippen LogP contribution < -0.4 is 0 Å². The molecule has 0 saturated carbocycles. The first kappa shape index (κ1) is 11.1. The van der Waals surface area contributed by atoms with Crippen molar-refractivity contribution in [3.05, 3.63) is 35.2 Å². The fourth-order valence-electron chi connectivity index (χ4n) is 1.62. The van der Waals surface area contributed by atoms with Gasteiger partial charge < -0.3 is 10.0 Å². The first-order chi connectivity index (χ1) is 7.72. The fourth-order valence-corrected chi connectivity index (χ4v) is 2.57. The molecule has 16 heavy (non-hydrogen) atoms. The molecule has 1 heterocycles. The van der Waals surface area contributed by atoms with Gasteiger partial charge in [-0.2, -0.15) is 0 Å². The monoisotopic (exact) mass is 235 g/mol. The summed E-state index contributed by atoms with van der Waals surface area (Å²) < 4.78 is 1.22. The van der Waals surface area contributed by atoms with E-state index >= 15 is 0 Å². The summed E-state index contributed by atoms with van der Waals surface area (Å²) in [5.74, 6) is -0.254. The van der Waals surface area contributed by atoms with Crippen molar-refractivity contribution in [3.63, 3.8) is 0 Å². The van der Waals surface area contributed by atoms with E-state index in [1.54, 1.807) is 18.4 Å². The zero-order valence-corrected chi connectivity index (χ0v) is 9.83. The van der Waals surface area contributed by atoms with Crippen molar-refractivity contribution in [2.24, 2.45) is 0 Å². The topological polar surface area (TPSA) is 40.5 Å². The van der Waals surface area contributed by atoms with E-state index in [0.717, 1.165) is 5.56 Å². The lowest BCUT2D eigenvalue weighted by atomic mass is 10.2. The Morgan fingerprint density at radius 1 is 1.44 bits per heavy atom. The van der Waals surface area contributed by atoms with Crippen LogP contribution in [0.15, 0.2) is 29.6 Å². The fraction of sp³-hybridized carbons (Fsp3) is 0.250. The number of fused-ring (bicyclic) bond motifs is 1. The molecule has 1 aromatic heterocycles. The van der Waals surface area contributed by atoms with Crippen molar-refractivity contribution in [2.75, 3.05) is 13.7 Å². The Bertz CT molecular complexity index is 506. The van der Waals surface area contributed by atoms with Gasteiger partial charge in [-0.15, -0.1) is 11.3 Å². The molecule has 1 N–H and O–H groups in total. The standard InChI is InChI=1S/C12H13NO2S/c1-13(12(15)7-14)6-9-8-16-11-5-3-2-4-10(9)11/h2-5,8,14H,6-7H2,1H3. The number of aliphatic hydroxyl groups is 1. The first-order valence-corrected chi connectivity index (χ1v) is 5.90. The number of benzene rings is 1. The Morgan fingerprint density at radius 2 is 2.19 bits per heavy atom. The van der Waals surface area contributed by atoms with E-state index in [1.165, 1.54) is 15.0 Å². The summed E-state index contributed by atoms with van der Waals surface area (Å²) in [4.78, 5) is 12.8. The number of amides is 1. The van der Waals surface area contributed by atoms with Gasteiger partial charge in [0.25, 0.3) is 0 Å². The van der Waals surface area contributed by atoms with Gasteiger partial charge in [0.05, 0.1) is 0 Å². The largest absolute Gasteiger partial charge is 0.387 e. The number of hydrogen-bond acceptors (Lipinski definition) is 3. The van der Waals surface area contributed by atoms with Crippen molar-refractivity contribution in [3.8, 4) is 0 Å². The second-order valence-electron chi connectivity index (χ2n) is 3.67. The smallest absolute Gasteiger partial charge is 0.248 e. The van der Waals surface area contributed by atoms with Gasteiger partial charge in [0.2, 0.25) is 5.91 Å². The number of likely N-dealkylation sites (N-methyl/N-ethyl adjacent to an activating group) is 1. The molecule has 0 aliphatic rings. The molecule has 0 fully saturated rings. The molecule has 1 amide bonds. The maximum absolute atomic E-state index is 11.3. The van der Waals surface area contributed by atoms with Gasteiger partial charge in [-0.05, 0) is 22.4 Å². The van der Waals surface area contributed by atoms with Crippen molar-refractivity contribution in [2.45, 2.75) is 6.54 Å². The number of nitrogens with zero attached hydrogens (tertiary/aromatic N) is 1. The van der Waals surface area contributed by atoms with Crippen LogP contribution in [-0.4, -0.2) is 29.6 Å². The predicted octanol–water partition coefficient (Wildman–Crippen LogP) is 1.85. The summed E-state index contributed by atoms with van der Waals surface area (Å²) in [6, 6.07) is 8.12. The lowest BCUT2D eigenvalue weighted by molar-refractivity contribution is -0.133. The number of rotatable bonds is 3. The molecule has 0 radical (unpaired) electrons. The second kappa shape index (κ2) is 4.63. The number of carbonyl (C=O) groups is 1. The van der Waals surface area contributed by atoms with Gasteiger partial charge in [0, 0.05) is 18.3 Å². The summed E-state index contributed by atoms with van der Waals surface area (Å²) in [5.41, 5.74) is 1.13. The normalized spacial score (nSPS) is 10.6. The summed E-state index contributed by atoms with van der Waals surface area (Å²) in [6.45, 7) is 0.113. The number of hydrogen-bond donors (Lipinski definition) is 1. The zero-order valence-electron chi connectivity index (χ0n) is 9.01. The molecule has 1 aromatic carbocycles. The molecular weight excluding hydrogens is 222 g/mol. The van der Waals surface area contributed by atoms with Crippen LogP contribution in [-0.2, 0) is 11.3 Å². The van der Waals surface area contributed by atoms with Crippen LogP contribution in [0.1, 0.15) is 5.56 Å². The molecule has 0 unspecified atom stereocenters. The average Bonchev–Trinajstić information content (AvgIpc) is 2.72. The summed E-state index contributed by atoms with van der Waals surface area (Å²) >= 11 is 1.67. The minimum Gasteiger partial charge on any atom is -0.387 e. The third-order valence-electron chi connectivity index (χ3n) is 2.53. The highest BCUT2D eigenvalue weighted by Crippen LogP contribution is 2.26. The Morgan fingerprint density at radius 3 is 2.94 bits per heavy atom. The van der Waals surface area contributed by atoms with Crippen LogP contribution in [0.5, 0.6) is 0 Å². The molecule has 0 aliphatic carbocycles. The quantitative estimate of drug-likeness (QED) is 0.882. The molecule has 4 heteroatoms. The van der Waals surface area contributed by atoms with Gasteiger partial charge in [0.1, 0.15) is 6.61 Å². The summed E-state index contributed by atoms with van der Waals surface area (Å²) in [5, 5.41) is 12.0. The van der Waals surface area contributed by atoms with Crippen LogP contribution in [0, 0.1) is 0 Å². The zero-order chi connectivity index (χ0) is 11.5. The van der Waals surface area contributed by atoms with Crippen molar-refractivity contribution < 1.29 is 9.90 Å². The van der Waals surface area contributed by atoms with Gasteiger partial charge in [-0.1, -0.05) is 18.2 Å². The van der Waals surface area contributed by atoms with E-state index in [4.69, 9.17) is 5.11 Å². The highest BCUT2D eigenvalue weighted by molar-refractivity contribution is 7.17. The molecule has 0 aliphatic heterocycles. The SMILES string of the molecule is CN(Cc1csc2ccccc12)C(=O)CO. The minimum absolute atomic E-state index is 0.254. The van der Waals surface area contributed by atoms with Gasteiger partial charge in [-0.25, -0.2) is 0 Å². The molecule has 2 aromatic rings. The van der Waals surface area contributed by atoms with E-state index in [2.05, 4.69) is 17.5 Å². The van der Waals surface area contributed by atoms with Gasteiger partial charge in [-0.3, -0.25) is 4.79 Å². The van der Waals surface area contributed by atoms with E-state index in [0.29, 0.717) is 6.54 Å². The average molecular weight is 235 g/mol. The molecule has 0 spiro atoms. The van der Waals surface area contributed by atoms with E-state index in [1.807, 2.05) is 12.1 Å². The molecular formula is C12H13NO2S. The van der Waals surface area contributed by atoms with Crippen LogP contribution in [0.25, 0.3) is 10.1 Å². The lowest BCUT2D eigenvalue weighted by Gasteiger charge is -2.15. The maximum Gasteiger partial charge on any atom is 0.248 e. The van der Waals surface area contributed by atoms with E-state index in [-0.39, 0.29) is 5.91 Å². The van der Waals surface area contributed by atoms with Crippen LogP contribution >= 0.6 is 11.3 Å². The number of thiophene rings is 1. The van der Waals surface area contributed by atoms with Crippen LogP contribution in [0.2, 0.25) is 0 Å². The molecule has 0 saturated heterocycles. The molecule has 3 nitrogen and oxygen atoms in total. The molecule has 0 bridgehead atoms. The van der Waals surface area contributed by atoms with Gasteiger partial charge in [0.15, 0.2) is 0 Å². The molecule has 0 atom stereocenters. The second-order valence-corrected chi connectivity index (χ2v) is 4.58. The van der Waals surface area contributed by atoms with Crippen molar-refractivity contribution in [1.82, 2.24) is 4.90 Å². The summed E-state index contributed by atoms with van der Waals surface area (Å²) in [6.07, 6.45) is 0. The van der Waals surface area contributed by atoms with Crippen LogP contribution in [0.4, 0.5) is 0 Å². The third-order valence-corrected chi connectivity index (χ3v) is 3.54. The molecule has 84 valence electrons. The van der Waals surface area contributed by atoms with E-state index < -0.39 is 6.61 Å². The van der Waals surface area contributed by atoms with Gasteiger partial charge >= 0.3 is 0 Å². The Hall–Kier alpha value is -1.39. The third kappa shape index (κ3) is 2.08. The number of aliphatic hydroxyl groups excluding tert-OH is 1. The lowest BCUT2D eigenvalue weighted by Crippen LogP contribution is -2.28. The minimum atomic E-state index is -0.432. The Labute approximate surface area is 97.9 Å². The maximum atomic E-state index is 11.3.